The van der Waals surface area contributed by atoms with Crippen molar-refractivity contribution >= 4 is 33.9 Å². The fraction of sp³-hybridized carbons (Fsp3) is 0.100. The standard InChI is InChI=1S/C20H15N5O2/c1-12-15(11-21)19-22-16-5-3-4-6-17(16)25(19)20(26)18(12)24-23-13-7-9-14(27-2)10-8-13/h3-10,23H,1-2H3/b24-18+. The van der Waals surface area contributed by atoms with E-state index in [0.29, 0.717) is 33.7 Å². The largest absolute Gasteiger partial charge is 0.497 e. The number of nitrogens with zero attached hydrogens (tertiary/aromatic N) is 4. The van der Waals surface area contributed by atoms with Gasteiger partial charge in [0, 0.05) is 5.57 Å². The molecule has 7 heteroatoms. The zero-order valence-corrected chi connectivity index (χ0v) is 14.7. The number of fused-ring (bicyclic) bond motifs is 3. The molecule has 0 amide bonds. The molecule has 0 saturated heterocycles. The van der Waals surface area contributed by atoms with Gasteiger partial charge in [0.15, 0.2) is 11.5 Å². The predicted octanol–water partition coefficient (Wildman–Crippen LogP) is 3.46. The lowest BCUT2D eigenvalue weighted by Crippen LogP contribution is -2.30. The van der Waals surface area contributed by atoms with E-state index in [0.717, 1.165) is 5.75 Å². The lowest BCUT2D eigenvalue weighted by atomic mass is 10.0. The van der Waals surface area contributed by atoms with Gasteiger partial charge >= 0.3 is 0 Å². The molecule has 1 aliphatic rings. The van der Waals surface area contributed by atoms with Crippen LogP contribution in [0.3, 0.4) is 0 Å². The van der Waals surface area contributed by atoms with Crippen molar-refractivity contribution in [2.45, 2.75) is 6.92 Å². The van der Waals surface area contributed by atoms with Crippen molar-refractivity contribution in [1.29, 1.82) is 5.26 Å². The molecule has 0 spiro atoms. The Bertz CT molecular complexity index is 1160. The van der Waals surface area contributed by atoms with Crippen LogP contribution < -0.4 is 10.2 Å². The first-order valence-electron chi connectivity index (χ1n) is 8.25. The summed E-state index contributed by atoms with van der Waals surface area (Å²) in [6.07, 6.45) is 0. The fourth-order valence-corrected chi connectivity index (χ4v) is 3.00. The summed E-state index contributed by atoms with van der Waals surface area (Å²) in [6.45, 7) is 1.70. The van der Waals surface area contributed by atoms with Crippen LogP contribution in [0.1, 0.15) is 17.5 Å². The molecule has 132 valence electrons. The minimum Gasteiger partial charge on any atom is -0.497 e. The van der Waals surface area contributed by atoms with Crippen LogP contribution in [-0.4, -0.2) is 28.3 Å². The Hall–Kier alpha value is -3.92. The highest BCUT2D eigenvalue weighted by Crippen LogP contribution is 2.29. The first kappa shape index (κ1) is 16.5. The number of rotatable bonds is 3. The predicted molar refractivity (Wildman–Crippen MR) is 103 cm³/mol. The van der Waals surface area contributed by atoms with Crippen LogP contribution in [0.2, 0.25) is 0 Å². The van der Waals surface area contributed by atoms with Crippen molar-refractivity contribution < 1.29 is 9.53 Å². The maximum atomic E-state index is 13.1. The Morgan fingerprint density at radius 1 is 1.19 bits per heavy atom. The lowest BCUT2D eigenvalue weighted by Gasteiger charge is -2.17. The van der Waals surface area contributed by atoms with Crippen LogP contribution in [0.15, 0.2) is 59.2 Å². The van der Waals surface area contributed by atoms with E-state index >= 15 is 0 Å². The molecule has 1 aliphatic heterocycles. The third kappa shape index (κ3) is 2.64. The minimum absolute atomic E-state index is 0.179. The van der Waals surface area contributed by atoms with Gasteiger partial charge in [0.1, 0.15) is 17.4 Å². The van der Waals surface area contributed by atoms with Crippen LogP contribution in [0, 0.1) is 11.3 Å². The number of methoxy groups -OCH3 is 1. The number of hydrogen-bond acceptors (Lipinski definition) is 6. The van der Waals surface area contributed by atoms with Crippen molar-refractivity contribution in [2.24, 2.45) is 5.10 Å². The van der Waals surface area contributed by atoms with Gasteiger partial charge in [-0.2, -0.15) is 10.4 Å². The highest BCUT2D eigenvalue weighted by atomic mass is 16.5. The number of carbonyl (C=O) groups excluding carboxylic acids is 1. The van der Waals surface area contributed by atoms with Crippen molar-refractivity contribution in [1.82, 2.24) is 9.55 Å². The molecule has 1 N–H and O–H groups in total. The number of imidazole rings is 1. The van der Waals surface area contributed by atoms with Gasteiger partial charge in [0.25, 0.3) is 5.91 Å². The molecule has 1 aromatic heterocycles. The van der Waals surface area contributed by atoms with Crippen LogP contribution in [-0.2, 0) is 0 Å². The molecule has 0 fully saturated rings. The Morgan fingerprint density at radius 2 is 1.93 bits per heavy atom. The van der Waals surface area contributed by atoms with Gasteiger partial charge in [-0.1, -0.05) is 12.1 Å². The Kier molecular flexibility index (Phi) is 3.94. The van der Waals surface area contributed by atoms with Crippen LogP contribution in [0.5, 0.6) is 5.75 Å². The number of ether oxygens (including phenoxy) is 1. The second-order valence-electron chi connectivity index (χ2n) is 5.98. The zero-order valence-electron chi connectivity index (χ0n) is 14.7. The lowest BCUT2D eigenvalue weighted by molar-refractivity contribution is 0.0992. The molecule has 4 rings (SSSR count). The maximum absolute atomic E-state index is 13.1. The van der Waals surface area contributed by atoms with Crippen molar-refractivity contribution in [3.8, 4) is 11.8 Å². The summed E-state index contributed by atoms with van der Waals surface area (Å²) in [5.41, 5.74) is 5.89. The van der Waals surface area contributed by atoms with Crippen molar-refractivity contribution in [3.05, 3.63) is 59.9 Å². The number of nitriles is 1. The van der Waals surface area contributed by atoms with Gasteiger partial charge in [0.2, 0.25) is 0 Å². The molecule has 3 aromatic rings. The summed E-state index contributed by atoms with van der Waals surface area (Å²) in [4.78, 5) is 17.5. The normalized spacial score (nSPS) is 15.0. The Labute approximate surface area is 155 Å². The monoisotopic (exact) mass is 357 g/mol. The summed E-state index contributed by atoms with van der Waals surface area (Å²) in [5.74, 6) is 0.750. The first-order valence-corrected chi connectivity index (χ1v) is 8.25. The molecule has 0 saturated carbocycles. The summed E-state index contributed by atoms with van der Waals surface area (Å²) in [7, 11) is 1.59. The van der Waals surface area contributed by atoms with E-state index in [1.165, 1.54) is 4.57 Å². The Balaban J connectivity index is 1.80. The molecule has 7 nitrogen and oxygen atoms in total. The number of nitrogens with one attached hydrogen (secondary N) is 1. The quantitative estimate of drug-likeness (QED) is 0.725. The van der Waals surface area contributed by atoms with Gasteiger partial charge in [-0.3, -0.25) is 14.8 Å². The summed E-state index contributed by atoms with van der Waals surface area (Å²) in [6, 6.07) is 16.6. The van der Waals surface area contributed by atoms with Crippen LogP contribution in [0.25, 0.3) is 16.6 Å². The fourth-order valence-electron chi connectivity index (χ4n) is 3.00. The molecule has 2 aromatic carbocycles. The topological polar surface area (TPSA) is 92.3 Å². The number of aromatic nitrogens is 2. The van der Waals surface area contributed by atoms with Crippen LogP contribution in [0.4, 0.5) is 5.69 Å². The summed E-state index contributed by atoms with van der Waals surface area (Å²) in [5, 5.41) is 13.9. The summed E-state index contributed by atoms with van der Waals surface area (Å²) < 4.78 is 6.57. The second kappa shape index (κ2) is 6.42. The van der Waals surface area contributed by atoms with E-state index in [1.54, 1.807) is 44.4 Å². The highest BCUT2D eigenvalue weighted by molar-refractivity contribution is 6.49. The SMILES string of the molecule is COc1ccc(N/N=C2/C(=O)n3c(nc4ccccc43)C(C#N)=C2C)cc1. The van der Waals surface area contributed by atoms with E-state index in [2.05, 4.69) is 21.6 Å². The number of carbonyl (C=O) groups is 1. The molecule has 27 heavy (non-hydrogen) atoms. The zero-order chi connectivity index (χ0) is 19.0. The average Bonchev–Trinajstić information content (AvgIpc) is 3.08. The highest BCUT2D eigenvalue weighted by Gasteiger charge is 2.32. The number of para-hydroxylation sites is 2. The average molecular weight is 357 g/mol. The third-order valence-corrected chi connectivity index (χ3v) is 4.42. The molecular weight excluding hydrogens is 342 g/mol. The van der Waals surface area contributed by atoms with Crippen molar-refractivity contribution in [2.75, 3.05) is 12.5 Å². The molecule has 0 bridgehead atoms. The molecule has 0 atom stereocenters. The number of benzene rings is 2. The van der Waals surface area contributed by atoms with E-state index in [1.807, 2.05) is 18.2 Å². The molecule has 0 radical (unpaired) electrons. The van der Waals surface area contributed by atoms with Gasteiger partial charge < -0.3 is 4.74 Å². The number of allylic oxidation sites excluding steroid dienone is 2. The maximum Gasteiger partial charge on any atom is 0.284 e. The number of hydrazone groups is 1. The van der Waals surface area contributed by atoms with Gasteiger partial charge in [0.05, 0.1) is 23.8 Å². The Morgan fingerprint density at radius 3 is 2.63 bits per heavy atom. The smallest absolute Gasteiger partial charge is 0.284 e. The number of hydrogen-bond donors (Lipinski definition) is 1. The van der Waals surface area contributed by atoms with Gasteiger partial charge in [-0.25, -0.2) is 4.98 Å². The second-order valence-corrected chi connectivity index (χ2v) is 5.98. The number of anilines is 1. The van der Waals surface area contributed by atoms with Gasteiger partial charge in [-0.05, 0) is 43.3 Å². The minimum atomic E-state index is -0.323. The first-order chi connectivity index (χ1) is 13.1. The van der Waals surface area contributed by atoms with E-state index in [-0.39, 0.29) is 11.6 Å². The molecule has 0 unspecified atom stereocenters. The van der Waals surface area contributed by atoms with E-state index in [9.17, 15) is 10.1 Å². The molecule has 0 aliphatic carbocycles. The third-order valence-electron chi connectivity index (χ3n) is 4.42. The molecular formula is C20H15N5O2. The van der Waals surface area contributed by atoms with E-state index < -0.39 is 0 Å². The summed E-state index contributed by atoms with van der Waals surface area (Å²) >= 11 is 0. The molecule has 2 heterocycles. The van der Waals surface area contributed by atoms with Crippen LogP contribution >= 0.6 is 0 Å². The van der Waals surface area contributed by atoms with E-state index in [4.69, 9.17) is 4.74 Å². The van der Waals surface area contributed by atoms with Crippen molar-refractivity contribution in [3.63, 3.8) is 0 Å². The van der Waals surface area contributed by atoms with Gasteiger partial charge in [-0.15, -0.1) is 0 Å².